The quantitative estimate of drug-likeness (QED) is 0.827. The zero-order valence-electron chi connectivity index (χ0n) is 14.2. The standard InChI is InChI=1S/C16H29N5O/c1-12-9-15(20(3)4)19-16(18-12)17-10-14-5-7-21(8-6-14)11-13(2)22/h9,13-14,22H,5-8,10-11H2,1-4H3,(H,17,18,19). The van der Waals surface area contributed by atoms with Gasteiger partial charge in [0.2, 0.25) is 5.95 Å². The molecule has 1 aromatic heterocycles. The number of likely N-dealkylation sites (tertiary alicyclic amines) is 1. The molecule has 2 N–H and O–H groups in total. The molecule has 0 aliphatic carbocycles. The smallest absolute Gasteiger partial charge is 0.224 e. The van der Waals surface area contributed by atoms with Gasteiger partial charge in [0.05, 0.1) is 6.10 Å². The largest absolute Gasteiger partial charge is 0.392 e. The highest BCUT2D eigenvalue weighted by atomic mass is 16.3. The van der Waals surface area contributed by atoms with E-state index in [9.17, 15) is 5.11 Å². The van der Waals surface area contributed by atoms with Crippen molar-refractivity contribution in [1.82, 2.24) is 14.9 Å². The molecule has 1 saturated heterocycles. The summed E-state index contributed by atoms with van der Waals surface area (Å²) in [7, 11) is 3.98. The fourth-order valence-electron chi connectivity index (χ4n) is 2.84. The van der Waals surface area contributed by atoms with Gasteiger partial charge in [-0.1, -0.05) is 0 Å². The van der Waals surface area contributed by atoms with Crippen LogP contribution in [-0.2, 0) is 0 Å². The predicted octanol–water partition coefficient (Wildman–Crippen LogP) is 1.36. The number of aryl methyl sites for hydroxylation is 1. The van der Waals surface area contributed by atoms with Gasteiger partial charge in [-0.05, 0) is 45.7 Å². The first-order chi connectivity index (χ1) is 10.4. The third-order valence-corrected chi connectivity index (χ3v) is 4.08. The van der Waals surface area contributed by atoms with E-state index < -0.39 is 0 Å². The lowest BCUT2D eigenvalue weighted by atomic mass is 9.96. The molecular formula is C16H29N5O. The summed E-state index contributed by atoms with van der Waals surface area (Å²) in [6, 6.07) is 1.99. The Morgan fingerprint density at radius 3 is 2.64 bits per heavy atom. The van der Waals surface area contributed by atoms with E-state index in [-0.39, 0.29) is 6.10 Å². The molecule has 1 fully saturated rings. The summed E-state index contributed by atoms with van der Waals surface area (Å²) in [4.78, 5) is 13.3. The van der Waals surface area contributed by atoms with E-state index in [0.29, 0.717) is 5.92 Å². The minimum Gasteiger partial charge on any atom is -0.392 e. The minimum absolute atomic E-state index is 0.236. The average Bonchev–Trinajstić information content (AvgIpc) is 2.45. The minimum atomic E-state index is -0.236. The van der Waals surface area contributed by atoms with E-state index in [0.717, 1.165) is 56.5 Å². The van der Waals surface area contributed by atoms with Gasteiger partial charge in [0.25, 0.3) is 0 Å². The molecule has 0 amide bonds. The Hall–Kier alpha value is -1.40. The van der Waals surface area contributed by atoms with Crippen molar-refractivity contribution in [3.63, 3.8) is 0 Å². The van der Waals surface area contributed by atoms with E-state index in [1.165, 1.54) is 0 Å². The monoisotopic (exact) mass is 307 g/mol. The Kier molecular flexibility index (Phi) is 5.97. The van der Waals surface area contributed by atoms with Crippen molar-refractivity contribution in [1.29, 1.82) is 0 Å². The highest BCUT2D eigenvalue weighted by Gasteiger charge is 2.20. The number of anilines is 2. The van der Waals surface area contributed by atoms with Crippen molar-refractivity contribution in [2.45, 2.75) is 32.8 Å². The van der Waals surface area contributed by atoms with E-state index >= 15 is 0 Å². The first kappa shape index (κ1) is 17.0. The number of hydrogen-bond acceptors (Lipinski definition) is 6. The maximum atomic E-state index is 9.44. The molecule has 22 heavy (non-hydrogen) atoms. The highest BCUT2D eigenvalue weighted by molar-refractivity contribution is 5.43. The summed E-state index contributed by atoms with van der Waals surface area (Å²) in [5.74, 6) is 2.30. The van der Waals surface area contributed by atoms with Gasteiger partial charge in [0.1, 0.15) is 5.82 Å². The van der Waals surface area contributed by atoms with Crippen LogP contribution in [0.1, 0.15) is 25.5 Å². The topological polar surface area (TPSA) is 64.5 Å². The van der Waals surface area contributed by atoms with Gasteiger partial charge in [-0.15, -0.1) is 0 Å². The molecule has 6 nitrogen and oxygen atoms in total. The predicted molar refractivity (Wildman–Crippen MR) is 90.4 cm³/mol. The van der Waals surface area contributed by atoms with Crippen LogP contribution in [-0.4, -0.2) is 66.4 Å². The molecule has 0 bridgehead atoms. The molecule has 0 radical (unpaired) electrons. The summed E-state index contributed by atoms with van der Waals surface area (Å²) in [5, 5.41) is 12.8. The van der Waals surface area contributed by atoms with Gasteiger partial charge in [0, 0.05) is 38.9 Å². The Morgan fingerprint density at radius 1 is 1.36 bits per heavy atom. The lowest BCUT2D eigenvalue weighted by molar-refractivity contribution is 0.102. The molecule has 2 rings (SSSR count). The number of aliphatic hydroxyl groups is 1. The fraction of sp³-hybridized carbons (Fsp3) is 0.750. The molecule has 0 saturated carbocycles. The van der Waals surface area contributed by atoms with Gasteiger partial charge in [-0.2, -0.15) is 4.98 Å². The van der Waals surface area contributed by atoms with E-state index in [4.69, 9.17) is 0 Å². The SMILES string of the molecule is Cc1cc(N(C)C)nc(NCC2CCN(CC(C)O)CC2)n1. The fourth-order valence-corrected chi connectivity index (χ4v) is 2.84. The van der Waals surface area contributed by atoms with Crippen LogP contribution in [0.3, 0.4) is 0 Å². The summed E-state index contributed by atoms with van der Waals surface area (Å²) in [6.45, 7) is 7.68. The second kappa shape index (κ2) is 7.74. The molecule has 6 heteroatoms. The normalized spacial score (nSPS) is 18.2. The maximum absolute atomic E-state index is 9.44. The molecule has 1 atom stereocenters. The van der Waals surface area contributed by atoms with Crippen LogP contribution in [0.2, 0.25) is 0 Å². The van der Waals surface area contributed by atoms with E-state index in [2.05, 4.69) is 20.2 Å². The number of rotatable bonds is 6. The molecule has 1 aliphatic rings. The molecule has 1 aromatic rings. The lowest BCUT2D eigenvalue weighted by Crippen LogP contribution is -2.39. The van der Waals surface area contributed by atoms with E-state index in [1.807, 2.05) is 38.9 Å². The average molecular weight is 307 g/mol. The third kappa shape index (κ3) is 5.10. The molecule has 0 spiro atoms. The highest BCUT2D eigenvalue weighted by Crippen LogP contribution is 2.18. The van der Waals surface area contributed by atoms with Crippen LogP contribution in [0.15, 0.2) is 6.07 Å². The first-order valence-corrected chi connectivity index (χ1v) is 8.11. The Labute approximate surface area is 133 Å². The van der Waals surface area contributed by atoms with Gasteiger partial charge < -0.3 is 20.2 Å². The maximum Gasteiger partial charge on any atom is 0.224 e. The number of hydrogen-bond donors (Lipinski definition) is 2. The number of piperidine rings is 1. The molecule has 0 aromatic carbocycles. The zero-order valence-corrected chi connectivity index (χ0v) is 14.2. The van der Waals surface area contributed by atoms with Gasteiger partial charge in [-0.25, -0.2) is 4.98 Å². The number of aliphatic hydroxyl groups excluding tert-OH is 1. The van der Waals surface area contributed by atoms with Gasteiger partial charge >= 0.3 is 0 Å². The van der Waals surface area contributed by atoms with Crippen LogP contribution in [0.4, 0.5) is 11.8 Å². The van der Waals surface area contributed by atoms with Crippen molar-refractivity contribution in [2.75, 3.05) is 50.5 Å². The van der Waals surface area contributed by atoms with Gasteiger partial charge in [0.15, 0.2) is 0 Å². The first-order valence-electron chi connectivity index (χ1n) is 8.11. The second-order valence-electron chi connectivity index (χ2n) is 6.56. The number of nitrogens with zero attached hydrogens (tertiary/aromatic N) is 4. The zero-order chi connectivity index (χ0) is 16.1. The summed E-state index contributed by atoms with van der Waals surface area (Å²) in [6.07, 6.45) is 2.08. The van der Waals surface area contributed by atoms with Crippen molar-refractivity contribution in [3.05, 3.63) is 11.8 Å². The van der Waals surface area contributed by atoms with Crippen LogP contribution >= 0.6 is 0 Å². The molecule has 1 unspecified atom stereocenters. The lowest BCUT2D eigenvalue weighted by Gasteiger charge is -2.32. The van der Waals surface area contributed by atoms with Crippen molar-refractivity contribution < 1.29 is 5.11 Å². The van der Waals surface area contributed by atoms with Crippen LogP contribution in [0.25, 0.3) is 0 Å². The number of aromatic nitrogens is 2. The molecule has 1 aliphatic heterocycles. The van der Waals surface area contributed by atoms with Crippen molar-refractivity contribution >= 4 is 11.8 Å². The summed E-state index contributed by atoms with van der Waals surface area (Å²) in [5.41, 5.74) is 0.980. The van der Waals surface area contributed by atoms with Gasteiger partial charge in [-0.3, -0.25) is 0 Å². The van der Waals surface area contributed by atoms with Crippen LogP contribution in [0, 0.1) is 12.8 Å². The Morgan fingerprint density at radius 2 is 2.05 bits per heavy atom. The summed E-state index contributed by atoms with van der Waals surface area (Å²) >= 11 is 0. The summed E-state index contributed by atoms with van der Waals surface area (Å²) < 4.78 is 0. The second-order valence-corrected chi connectivity index (χ2v) is 6.56. The Balaban J connectivity index is 1.82. The number of β-amino-alcohol motifs (C(OH)–C–C–N with tert-alkyl or cyclic N) is 1. The van der Waals surface area contributed by atoms with Crippen LogP contribution < -0.4 is 10.2 Å². The van der Waals surface area contributed by atoms with Crippen molar-refractivity contribution in [3.8, 4) is 0 Å². The molecular weight excluding hydrogens is 278 g/mol. The third-order valence-electron chi connectivity index (χ3n) is 4.08. The molecule has 124 valence electrons. The van der Waals surface area contributed by atoms with Crippen LogP contribution in [0.5, 0.6) is 0 Å². The molecule has 2 heterocycles. The number of nitrogens with one attached hydrogen (secondary N) is 1. The Bertz CT molecular complexity index is 470. The van der Waals surface area contributed by atoms with Crippen molar-refractivity contribution in [2.24, 2.45) is 5.92 Å². The van der Waals surface area contributed by atoms with E-state index in [1.54, 1.807) is 0 Å².